The van der Waals surface area contributed by atoms with E-state index in [1.165, 1.54) is 0 Å². The largest absolute Gasteiger partial charge is 0.396 e. The Morgan fingerprint density at radius 2 is 2.50 bits per heavy atom. The molecule has 58 valence electrons. The van der Waals surface area contributed by atoms with Crippen molar-refractivity contribution in [3.63, 3.8) is 0 Å². The van der Waals surface area contributed by atoms with E-state index >= 15 is 0 Å². The van der Waals surface area contributed by atoms with Crippen LogP contribution < -0.4 is 5.32 Å². The molecule has 1 atom stereocenters. The summed E-state index contributed by atoms with van der Waals surface area (Å²) in [6, 6.07) is 0. The molecule has 1 rings (SSSR count). The number of hydrogen-bond acceptors (Lipinski definition) is 3. The van der Waals surface area contributed by atoms with Gasteiger partial charge >= 0.3 is 0 Å². The summed E-state index contributed by atoms with van der Waals surface area (Å²) in [5.41, 5.74) is 0. The van der Waals surface area contributed by atoms with Crippen LogP contribution in [0.3, 0.4) is 0 Å². The Balaban J connectivity index is 2.20. The molecule has 0 spiro atoms. The third-order valence-corrected chi connectivity index (χ3v) is 1.68. The van der Waals surface area contributed by atoms with Crippen LogP contribution in [0.15, 0.2) is 12.4 Å². The van der Waals surface area contributed by atoms with Gasteiger partial charge in [0.25, 0.3) is 0 Å². The topological polar surface area (TPSA) is 35.5 Å². The zero-order chi connectivity index (χ0) is 7.40. The van der Waals surface area contributed by atoms with Crippen LogP contribution in [-0.2, 0) is 0 Å². The lowest BCUT2D eigenvalue weighted by molar-refractivity contribution is 0.237. The number of nitrogens with zero attached hydrogens (tertiary/aromatic N) is 1. The maximum atomic E-state index is 8.54. The van der Waals surface area contributed by atoms with E-state index in [4.69, 9.17) is 5.11 Å². The molecule has 1 aliphatic rings. The average Bonchev–Trinajstić information content (AvgIpc) is 2.31. The lowest BCUT2D eigenvalue weighted by atomic mass is 10.4. The van der Waals surface area contributed by atoms with Gasteiger partial charge in [-0.2, -0.15) is 0 Å². The molecule has 0 fully saturated rings. The number of hydrogen-bond donors (Lipinski definition) is 2. The van der Waals surface area contributed by atoms with Gasteiger partial charge < -0.3 is 15.3 Å². The molecule has 0 aromatic heterocycles. The van der Waals surface area contributed by atoms with Gasteiger partial charge in [-0.3, -0.25) is 0 Å². The van der Waals surface area contributed by atoms with Crippen LogP contribution in [0.25, 0.3) is 0 Å². The molecule has 3 heteroatoms. The molecule has 0 radical (unpaired) electrons. The highest BCUT2D eigenvalue weighted by Gasteiger charge is 2.10. The number of nitrogens with one attached hydrogen (secondary N) is 1. The van der Waals surface area contributed by atoms with E-state index in [2.05, 4.69) is 17.1 Å². The normalized spacial score (nSPS) is 23.4. The Bertz CT molecular complexity index is 125. The first-order valence-corrected chi connectivity index (χ1v) is 3.64. The molecule has 1 heterocycles. The first-order valence-electron chi connectivity index (χ1n) is 3.64. The molecule has 1 aliphatic heterocycles. The Kier molecular flexibility index (Phi) is 2.57. The van der Waals surface area contributed by atoms with Crippen molar-refractivity contribution in [1.29, 1.82) is 0 Å². The Labute approximate surface area is 61.3 Å². The van der Waals surface area contributed by atoms with E-state index < -0.39 is 0 Å². The highest BCUT2D eigenvalue weighted by Crippen LogP contribution is 2.03. The van der Waals surface area contributed by atoms with Crippen molar-refractivity contribution in [3.8, 4) is 0 Å². The minimum absolute atomic E-state index is 0.275. The molecule has 0 saturated heterocycles. The highest BCUT2D eigenvalue weighted by molar-refractivity contribution is 4.91. The number of rotatable bonds is 3. The van der Waals surface area contributed by atoms with Crippen LogP contribution in [0.5, 0.6) is 0 Å². The third-order valence-electron chi connectivity index (χ3n) is 1.68. The Morgan fingerprint density at radius 3 is 3.00 bits per heavy atom. The molecule has 0 bridgehead atoms. The van der Waals surface area contributed by atoms with Gasteiger partial charge in [-0.1, -0.05) is 0 Å². The van der Waals surface area contributed by atoms with Gasteiger partial charge in [0.15, 0.2) is 0 Å². The summed E-state index contributed by atoms with van der Waals surface area (Å²) in [5, 5.41) is 11.7. The molecule has 0 amide bonds. The highest BCUT2D eigenvalue weighted by atomic mass is 16.3. The van der Waals surface area contributed by atoms with Gasteiger partial charge in [0.05, 0.1) is 6.17 Å². The van der Waals surface area contributed by atoms with Crippen molar-refractivity contribution in [2.45, 2.75) is 19.5 Å². The fraction of sp³-hybridized carbons (Fsp3) is 0.714. The van der Waals surface area contributed by atoms with E-state index in [-0.39, 0.29) is 6.61 Å². The van der Waals surface area contributed by atoms with Crippen LogP contribution >= 0.6 is 0 Å². The summed E-state index contributed by atoms with van der Waals surface area (Å²) in [6.45, 7) is 3.30. The predicted octanol–water partition coefficient (Wildman–Crippen LogP) is 0.0912. The third kappa shape index (κ3) is 1.64. The smallest absolute Gasteiger partial charge is 0.0952 e. The molecule has 10 heavy (non-hydrogen) atoms. The molecule has 2 N–H and O–H groups in total. The minimum Gasteiger partial charge on any atom is -0.396 e. The van der Waals surface area contributed by atoms with Gasteiger partial charge in [-0.25, -0.2) is 0 Å². The van der Waals surface area contributed by atoms with Crippen LogP contribution in [0.4, 0.5) is 0 Å². The monoisotopic (exact) mass is 142 g/mol. The Morgan fingerprint density at radius 1 is 1.70 bits per heavy atom. The maximum Gasteiger partial charge on any atom is 0.0952 e. The molecule has 0 saturated carbocycles. The number of aliphatic hydroxyl groups excluding tert-OH is 1. The van der Waals surface area contributed by atoms with Crippen LogP contribution in [0, 0.1) is 0 Å². The van der Waals surface area contributed by atoms with Gasteiger partial charge in [0.2, 0.25) is 0 Å². The van der Waals surface area contributed by atoms with Gasteiger partial charge in [0, 0.05) is 25.6 Å². The molecule has 0 aromatic rings. The van der Waals surface area contributed by atoms with Gasteiger partial charge in [-0.15, -0.1) is 0 Å². The van der Waals surface area contributed by atoms with E-state index in [1.54, 1.807) is 0 Å². The number of aliphatic hydroxyl groups is 1. The summed E-state index contributed by atoms with van der Waals surface area (Å²) in [7, 11) is 0. The van der Waals surface area contributed by atoms with Crippen molar-refractivity contribution >= 4 is 0 Å². The van der Waals surface area contributed by atoms with Gasteiger partial charge in [0.1, 0.15) is 0 Å². The summed E-state index contributed by atoms with van der Waals surface area (Å²) in [5.74, 6) is 0. The fourth-order valence-electron chi connectivity index (χ4n) is 1.02. The molecular formula is C7H14N2O. The van der Waals surface area contributed by atoms with Crippen molar-refractivity contribution in [2.75, 3.05) is 13.2 Å². The van der Waals surface area contributed by atoms with Crippen LogP contribution in [-0.4, -0.2) is 29.3 Å². The zero-order valence-electron chi connectivity index (χ0n) is 6.25. The first kappa shape index (κ1) is 7.41. The molecule has 1 unspecified atom stereocenters. The summed E-state index contributed by atoms with van der Waals surface area (Å²) < 4.78 is 0. The first-order chi connectivity index (χ1) is 4.84. The van der Waals surface area contributed by atoms with Gasteiger partial charge in [-0.05, 0) is 13.3 Å². The lowest BCUT2D eigenvalue weighted by Gasteiger charge is -2.21. The quantitative estimate of drug-likeness (QED) is 0.586. The van der Waals surface area contributed by atoms with E-state index in [0.29, 0.717) is 6.17 Å². The van der Waals surface area contributed by atoms with Crippen molar-refractivity contribution in [3.05, 3.63) is 12.4 Å². The predicted molar refractivity (Wildman–Crippen MR) is 40.1 cm³/mol. The van der Waals surface area contributed by atoms with Crippen molar-refractivity contribution in [1.82, 2.24) is 10.2 Å². The van der Waals surface area contributed by atoms with E-state index in [9.17, 15) is 0 Å². The second-order valence-corrected chi connectivity index (χ2v) is 2.47. The fourth-order valence-corrected chi connectivity index (χ4v) is 1.02. The van der Waals surface area contributed by atoms with E-state index in [0.717, 1.165) is 13.0 Å². The van der Waals surface area contributed by atoms with E-state index in [1.807, 2.05) is 12.4 Å². The second kappa shape index (κ2) is 3.46. The van der Waals surface area contributed by atoms with Crippen LogP contribution in [0.1, 0.15) is 13.3 Å². The lowest BCUT2D eigenvalue weighted by Crippen LogP contribution is -2.32. The summed E-state index contributed by atoms with van der Waals surface area (Å²) in [6.07, 6.45) is 5.19. The minimum atomic E-state index is 0.275. The Hall–Kier alpha value is -0.700. The summed E-state index contributed by atoms with van der Waals surface area (Å²) >= 11 is 0. The SMILES string of the molecule is CC1NC=CN1CCCO. The zero-order valence-corrected chi connectivity index (χ0v) is 6.25. The molecular weight excluding hydrogens is 128 g/mol. The molecule has 0 aromatic carbocycles. The second-order valence-electron chi connectivity index (χ2n) is 2.47. The maximum absolute atomic E-state index is 8.54. The van der Waals surface area contributed by atoms with Crippen molar-refractivity contribution < 1.29 is 5.11 Å². The average molecular weight is 142 g/mol. The summed E-state index contributed by atoms with van der Waals surface area (Å²) in [4.78, 5) is 2.16. The standard InChI is InChI=1S/C7H14N2O/c1-7-8-3-5-9(7)4-2-6-10/h3,5,7-8,10H,2,4,6H2,1H3. The molecule has 0 aliphatic carbocycles. The molecule has 3 nitrogen and oxygen atoms in total. The van der Waals surface area contributed by atoms with Crippen LogP contribution in [0.2, 0.25) is 0 Å². The van der Waals surface area contributed by atoms with Crippen molar-refractivity contribution in [2.24, 2.45) is 0 Å².